The van der Waals surface area contributed by atoms with E-state index in [0.717, 1.165) is 19.3 Å². The maximum absolute atomic E-state index is 12.7. The summed E-state index contributed by atoms with van der Waals surface area (Å²) >= 11 is 0. The molecule has 1 N–H and O–H groups in total. The summed E-state index contributed by atoms with van der Waals surface area (Å²) in [6, 6.07) is 5.62. The second-order valence-corrected chi connectivity index (χ2v) is 4.40. The van der Waals surface area contributed by atoms with Crippen molar-refractivity contribution in [2.75, 3.05) is 6.61 Å². The second kappa shape index (κ2) is 5.17. The molecule has 0 heterocycles. The largest absolute Gasteiger partial charge is 0.493 e. The zero-order valence-electron chi connectivity index (χ0n) is 9.43. The van der Waals surface area contributed by atoms with Gasteiger partial charge in [-0.15, -0.1) is 0 Å². The van der Waals surface area contributed by atoms with Gasteiger partial charge in [-0.25, -0.2) is 4.39 Å². The summed E-state index contributed by atoms with van der Waals surface area (Å²) in [6.07, 6.45) is 3.03. The summed E-state index contributed by atoms with van der Waals surface area (Å²) in [4.78, 5) is 11.1. The topological polar surface area (TPSA) is 46.5 Å². The average molecular weight is 238 g/mol. The first kappa shape index (κ1) is 11.9. The molecule has 1 fully saturated rings. The molecular weight excluding hydrogens is 223 g/mol. The van der Waals surface area contributed by atoms with Gasteiger partial charge < -0.3 is 9.84 Å². The van der Waals surface area contributed by atoms with Crippen molar-refractivity contribution in [2.45, 2.75) is 19.3 Å². The number of aliphatic carboxylic acids is 1. The maximum atomic E-state index is 12.7. The van der Waals surface area contributed by atoms with E-state index in [1.165, 1.54) is 24.3 Å². The third-order valence-corrected chi connectivity index (χ3v) is 3.28. The Hall–Kier alpha value is -1.58. The molecule has 1 saturated carbocycles. The van der Waals surface area contributed by atoms with Gasteiger partial charge in [0.25, 0.3) is 0 Å². The van der Waals surface area contributed by atoms with Crippen LogP contribution in [-0.2, 0) is 4.79 Å². The van der Waals surface area contributed by atoms with Gasteiger partial charge in [-0.05, 0) is 43.0 Å². The van der Waals surface area contributed by atoms with Gasteiger partial charge >= 0.3 is 5.97 Å². The van der Waals surface area contributed by atoms with Crippen LogP contribution in [0.4, 0.5) is 4.39 Å². The van der Waals surface area contributed by atoms with Crippen molar-refractivity contribution in [2.24, 2.45) is 11.8 Å². The molecule has 0 spiro atoms. The number of hydrogen-bond donors (Lipinski definition) is 1. The summed E-state index contributed by atoms with van der Waals surface area (Å²) in [7, 11) is 0. The molecule has 0 radical (unpaired) electrons. The number of halogens is 1. The van der Waals surface area contributed by atoms with Gasteiger partial charge in [0.05, 0.1) is 5.92 Å². The maximum Gasteiger partial charge on any atom is 0.310 e. The molecule has 0 amide bonds. The first-order chi connectivity index (χ1) is 8.16. The minimum atomic E-state index is -0.809. The third kappa shape index (κ3) is 2.96. The molecule has 2 rings (SSSR count). The van der Waals surface area contributed by atoms with Crippen molar-refractivity contribution >= 4 is 5.97 Å². The van der Waals surface area contributed by atoms with Gasteiger partial charge in [-0.2, -0.15) is 0 Å². The van der Waals surface area contributed by atoms with Crippen molar-refractivity contribution in [1.82, 2.24) is 0 Å². The lowest BCUT2D eigenvalue weighted by molar-refractivity contribution is -0.146. The van der Waals surface area contributed by atoms with E-state index >= 15 is 0 Å². The zero-order chi connectivity index (χ0) is 12.3. The Balaban J connectivity index is 1.90. The van der Waals surface area contributed by atoms with Gasteiger partial charge in [-0.1, -0.05) is 6.42 Å². The van der Waals surface area contributed by atoms with Gasteiger partial charge in [0.15, 0.2) is 0 Å². The fourth-order valence-electron chi connectivity index (χ4n) is 1.97. The van der Waals surface area contributed by atoms with Crippen molar-refractivity contribution in [1.29, 1.82) is 0 Å². The Labute approximate surface area is 99.2 Å². The minimum absolute atomic E-state index is 0.158. The molecule has 1 aliphatic carbocycles. The lowest BCUT2D eigenvalue weighted by Gasteiger charge is -2.30. The predicted octanol–water partition coefficient (Wildman–Crippen LogP) is 2.71. The van der Waals surface area contributed by atoms with E-state index in [9.17, 15) is 9.18 Å². The molecule has 1 unspecified atom stereocenters. The molecule has 92 valence electrons. The van der Waals surface area contributed by atoms with E-state index in [-0.39, 0.29) is 18.3 Å². The average Bonchev–Trinajstić information content (AvgIpc) is 2.23. The van der Waals surface area contributed by atoms with Crippen molar-refractivity contribution in [3.8, 4) is 5.75 Å². The number of ether oxygens (including phenoxy) is 1. The zero-order valence-corrected chi connectivity index (χ0v) is 9.43. The summed E-state index contributed by atoms with van der Waals surface area (Å²) in [5.41, 5.74) is 0. The first-order valence-corrected chi connectivity index (χ1v) is 5.78. The number of rotatable bonds is 5. The van der Waals surface area contributed by atoms with Gasteiger partial charge in [0.1, 0.15) is 18.2 Å². The summed E-state index contributed by atoms with van der Waals surface area (Å²) < 4.78 is 18.0. The number of hydrogen-bond acceptors (Lipinski definition) is 2. The van der Waals surface area contributed by atoms with Gasteiger partial charge in [0.2, 0.25) is 0 Å². The van der Waals surface area contributed by atoms with Crippen LogP contribution in [-0.4, -0.2) is 17.7 Å². The quantitative estimate of drug-likeness (QED) is 0.857. The number of benzene rings is 1. The Morgan fingerprint density at radius 1 is 1.41 bits per heavy atom. The Kier molecular flexibility index (Phi) is 3.61. The highest BCUT2D eigenvalue weighted by atomic mass is 19.1. The molecule has 0 aliphatic heterocycles. The van der Waals surface area contributed by atoms with Crippen LogP contribution in [0.25, 0.3) is 0 Å². The SMILES string of the molecule is O=C(O)C(COc1ccc(F)cc1)C1CCC1. The molecule has 1 aromatic rings. The molecule has 1 aromatic carbocycles. The van der Waals surface area contributed by atoms with E-state index in [0.29, 0.717) is 5.75 Å². The smallest absolute Gasteiger partial charge is 0.310 e. The molecule has 4 heteroatoms. The fraction of sp³-hybridized carbons (Fsp3) is 0.462. The number of carboxylic acid groups (broad SMARTS) is 1. The minimum Gasteiger partial charge on any atom is -0.493 e. The van der Waals surface area contributed by atoms with E-state index in [1.807, 2.05) is 0 Å². The highest BCUT2D eigenvalue weighted by Crippen LogP contribution is 2.34. The van der Waals surface area contributed by atoms with Crippen LogP contribution in [0.5, 0.6) is 5.75 Å². The highest BCUT2D eigenvalue weighted by molar-refractivity contribution is 5.70. The van der Waals surface area contributed by atoms with E-state index in [2.05, 4.69) is 0 Å². The molecule has 3 nitrogen and oxygen atoms in total. The summed E-state index contributed by atoms with van der Waals surface area (Å²) in [5, 5.41) is 9.09. The Bertz CT molecular complexity index is 384. The lowest BCUT2D eigenvalue weighted by atomic mass is 9.76. The molecule has 1 atom stereocenters. The lowest BCUT2D eigenvalue weighted by Crippen LogP contribution is -2.33. The predicted molar refractivity (Wildman–Crippen MR) is 60.4 cm³/mol. The summed E-state index contributed by atoms with van der Waals surface area (Å²) in [6.45, 7) is 0.158. The van der Waals surface area contributed by atoms with Crippen LogP contribution < -0.4 is 4.74 Å². The van der Waals surface area contributed by atoms with E-state index in [4.69, 9.17) is 9.84 Å². The number of carboxylic acids is 1. The van der Waals surface area contributed by atoms with Crippen molar-refractivity contribution in [3.63, 3.8) is 0 Å². The van der Waals surface area contributed by atoms with Crippen LogP contribution in [0.1, 0.15) is 19.3 Å². The van der Waals surface area contributed by atoms with Crippen molar-refractivity contribution in [3.05, 3.63) is 30.1 Å². The highest BCUT2D eigenvalue weighted by Gasteiger charge is 2.33. The van der Waals surface area contributed by atoms with Gasteiger partial charge in [0, 0.05) is 0 Å². The molecule has 0 saturated heterocycles. The first-order valence-electron chi connectivity index (χ1n) is 5.78. The van der Waals surface area contributed by atoms with Crippen LogP contribution in [0.3, 0.4) is 0 Å². The summed E-state index contributed by atoms with van der Waals surface area (Å²) in [5.74, 6) is -0.846. The van der Waals surface area contributed by atoms with Crippen LogP contribution in [0.2, 0.25) is 0 Å². The molecule has 1 aliphatic rings. The Morgan fingerprint density at radius 2 is 2.06 bits per heavy atom. The normalized spacial score (nSPS) is 17.2. The monoisotopic (exact) mass is 238 g/mol. The molecular formula is C13H15FO3. The second-order valence-electron chi connectivity index (χ2n) is 4.40. The van der Waals surface area contributed by atoms with Crippen LogP contribution in [0, 0.1) is 17.7 Å². The molecule has 17 heavy (non-hydrogen) atoms. The van der Waals surface area contributed by atoms with Gasteiger partial charge in [-0.3, -0.25) is 4.79 Å². The van der Waals surface area contributed by atoms with E-state index in [1.54, 1.807) is 0 Å². The van der Waals surface area contributed by atoms with Crippen LogP contribution >= 0.6 is 0 Å². The van der Waals surface area contributed by atoms with E-state index < -0.39 is 11.9 Å². The fourth-order valence-corrected chi connectivity index (χ4v) is 1.97. The van der Waals surface area contributed by atoms with Crippen molar-refractivity contribution < 1.29 is 19.0 Å². The molecule has 0 bridgehead atoms. The van der Waals surface area contributed by atoms with Crippen LogP contribution in [0.15, 0.2) is 24.3 Å². The third-order valence-electron chi connectivity index (χ3n) is 3.28. The standard InChI is InChI=1S/C13H15FO3/c14-10-4-6-11(7-5-10)17-8-12(13(15)16)9-2-1-3-9/h4-7,9,12H,1-3,8H2,(H,15,16). The molecule has 0 aromatic heterocycles. The number of carbonyl (C=O) groups is 1. The Morgan fingerprint density at radius 3 is 2.53 bits per heavy atom.